The van der Waals surface area contributed by atoms with E-state index < -0.39 is 81.4 Å². The van der Waals surface area contributed by atoms with Crippen molar-refractivity contribution in [1.29, 1.82) is 5.26 Å². The third-order valence-electron chi connectivity index (χ3n) is 7.50. The minimum Gasteiger partial charge on any atom is -0.510 e. The summed E-state index contributed by atoms with van der Waals surface area (Å²) in [5.41, 5.74) is 1.17. The fraction of sp³-hybridized carbons (Fsp3) is 0.360. The van der Waals surface area contributed by atoms with Gasteiger partial charge in [0, 0.05) is 23.1 Å². The number of nitriles is 1. The third-order valence-corrected chi connectivity index (χ3v) is 7.50. The molecule has 1 amide bonds. The molecule has 0 radical (unpaired) electrons. The van der Waals surface area contributed by atoms with Gasteiger partial charge in [-0.15, -0.1) is 0 Å². The quantitative estimate of drug-likeness (QED) is 0.248. The van der Waals surface area contributed by atoms with Gasteiger partial charge in [-0.3, -0.25) is 19.3 Å². The normalized spacial score (nSPS) is 31.9. The van der Waals surface area contributed by atoms with Crippen molar-refractivity contribution in [1.82, 2.24) is 4.90 Å². The van der Waals surface area contributed by atoms with Crippen molar-refractivity contribution in [3.8, 4) is 11.8 Å². The monoisotopic (exact) mass is 495 g/mol. The highest BCUT2D eigenvalue weighted by Gasteiger charge is 2.67. The van der Waals surface area contributed by atoms with Gasteiger partial charge >= 0.3 is 0 Å². The van der Waals surface area contributed by atoms with Gasteiger partial charge < -0.3 is 31.3 Å². The number of amides is 1. The number of hydrogen-bond donors (Lipinski definition) is 6. The van der Waals surface area contributed by atoms with Crippen molar-refractivity contribution in [2.24, 2.45) is 17.6 Å². The number of carbonyl (C=O) groups excluding carboxylic acids is 3. The zero-order chi connectivity index (χ0) is 26.9. The summed E-state index contributed by atoms with van der Waals surface area (Å²) in [5, 5.41) is 64.9. The van der Waals surface area contributed by atoms with Crippen molar-refractivity contribution in [3.05, 3.63) is 57.6 Å². The molecule has 0 aromatic heterocycles. The number of aliphatic hydroxyl groups is 4. The number of ketones is 2. The van der Waals surface area contributed by atoms with Crippen LogP contribution in [-0.2, 0) is 9.59 Å². The largest absolute Gasteiger partial charge is 0.510 e. The van der Waals surface area contributed by atoms with E-state index in [4.69, 9.17) is 11.0 Å². The van der Waals surface area contributed by atoms with E-state index in [1.165, 1.54) is 31.1 Å². The Kier molecular flexibility index (Phi) is 5.80. The van der Waals surface area contributed by atoms with Crippen LogP contribution in [0.15, 0.2) is 40.9 Å². The van der Waals surface area contributed by atoms with E-state index in [9.17, 15) is 39.9 Å². The fourth-order valence-electron chi connectivity index (χ4n) is 5.90. The van der Waals surface area contributed by atoms with Crippen LogP contribution in [0.5, 0.6) is 5.75 Å². The minimum atomic E-state index is -2.96. The predicted octanol–water partition coefficient (Wildman–Crippen LogP) is 0.189. The topological polar surface area (TPSA) is 205 Å². The average molecular weight is 495 g/mol. The standard InChI is InChI=1S/C25H25N3O8/c1-9-11-7-6-10(5-4-8-26)18(29)13(11)19(30)14-12(9)20(31)16-17(28(2)3)21(32)15(24(27)35)23(34)25(16,36)22(14)33/h4-7,9,12,16-17,20,29,31-33,36H,1-3H3,(H2,27,35)/b5-4+. The molecule has 0 spiro atoms. The molecule has 0 bridgehead atoms. The number of hydrogen-bond acceptors (Lipinski definition) is 10. The van der Waals surface area contributed by atoms with Gasteiger partial charge in [-0.1, -0.05) is 19.1 Å². The fourth-order valence-corrected chi connectivity index (χ4v) is 5.90. The van der Waals surface area contributed by atoms with Crippen molar-refractivity contribution < 1.29 is 39.9 Å². The smallest absolute Gasteiger partial charge is 0.255 e. The first kappa shape index (κ1) is 25.1. The molecule has 6 unspecified atom stereocenters. The van der Waals surface area contributed by atoms with Crippen LogP contribution in [0, 0.1) is 23.2 Å². The Bertz CT molecular complexity index is 1350. The maximum absolute atomic E-state index is 13.7. The Labute approximate surface area is 205 Å². The van der Waals surface area contributed by atoms with Gasteiger partial charge in [0.1, 0.15) is 22.8 Å². The first-order valence-electron chi connectivity index (χ1n) is 11.1. The van der Waals surface area contributed by atoms with Gasteiger partial charge in [-0.25, -0.2) is 0 Å². The first-order valence-corrected chi connectivity index (χ1v) is 11.1. The Balaban J connectivity index is 2.03. The molecule has 188 valence electrons. The van der Waals surface area contributed by atoms with E-state index in [2.05, 4.69) is 0 Å². The third kappa shape index (κ3) is 3.05. The van der Waals surface area contributed by atoms with Crippen LogP contribution < -0.4 is 5.73 Å². The highest BCUT2D eigenvalue weighted by Crippen LogP contribution is 2.55. The summed E-state index contributed by atoms with van der Waals surface area (Å²) in [6, 6.07) is 3.50. The van der Waals surface area contributed by atoms with Crippen molar-refractivity contribution >= 4 is 23.5 Å². The molecule has 0 heterocycles. The zero-order valence-corrected chi connectivity index (χ0v) is 19.6. The number of likely N-dealkylation sites (N-methyl/N-ethyl adjacent to an activating group) is 1. The summed E-state index contributed by atoms with van der Waals surface area (Å²) >= 11 is 0. The second-order valence-corrected chi connectivity index (χ2v) is 9.48. The summed E-state index contributed by atoms with van der Waals surface area (Å²) in [6.45, 7) is 1.64. The second-order valence-electron chi connectivity index (χ2n) is 9.48. The maximum Gasteiger partial charge on any atom is 0.255 e. The lowest BCUT2D eigenvalue weighted by Crippen LogP contribution is -2.68. The lowest BCUT2D eigenvalue weighted by molar-refractivity contribution is -0.162. The summed E-state index contributed by atoms with van der Waals surface area (Å²) in [5.74, 6) is -9.45. The van der Waals surface area contributed by atoms with E-state index in [1.807, 2.05) is 0 Å². The Morgan fingerprint density at radius 3 is 2.42 bits per heavy atom. The lowest BCUT2D eigenvalue weighted by Gasteiger charge is -2.53. The number of aromatic hydroxyl groups is 1. The first-order chi connectivity index (χ1) is 16.8. The van der Waals surface area contributed by atoms with Gasteiger partial charge in [0.05, 0.1) is 29.7 Å². The van der Waals surface area contributed by atoms with Crippen LogP contribution in [0.1, 0.15) is 34.3 Å². The van der Waals surface area contributed by atoms with Gasteiger partial charge in [-0.2, -0.15) is 5.26 Å². The summed E-state index contributed by atoms with van der Waals surface area (Å²) < 4.78 is 0. The number of carbonyl (C=O) groups is 3. The minimum absolute atomic E-state index is 0.146. The van der Waals surface area contributed by atoms with Gasteiger partial charge in [-0.05, 0) is 31.7 Å². The number of phenols is 1. The molecule has 1 aromatic carbocycles. The summed E-state index contributed by atoms with van der Waals surface area (Å²) in [7, 11) is 2.94. The lowest BCUT2D eigenvalue weighted by atomic mass is 9.55. The molecule has 1 aromatic rings. The number of phenolic OH excluding ortho intramolecular Hbond substituents is 1. The number of rotatable bonds is 3. The maximum atomic E-state index is 13.7. The average Bonchev–Trinajstić information content (AvgIpc) is 2.80. The van der Waals surface area contributed by atoms with Gasteiger partial charge in [0.25, 0.3) is 5.91 Å². The van der Waals surface area contributed by atoms with Crippen molar-refractivity contribution in [2.75, 3.05) is 14.1 Å². The highest BCUT2D eigenvalue weighted by atomic mass is 16.4. The van der Waals surface area contributed by atoms with Crippen molar-refractivity contribution in [2.45, 2.75) is 30.6 Å². The van der Waals surface area contributed by atoms with Crippen LogP contribution in [0.4, 0.5) is 0 Å². The number of fused-ring (bicyclic) bond motifs is 3. The summed E-state index contributed by atoms with van der Waals surface area (Å²) in [6.07, 6.45) is 0.731. The van der Waals surface area contributed by atoms with E-state index >= 15 is 0 Å². The van der Waals surface area contributed by atoms with E-state index in [1.54, 1.807) is 19.1 Å². The second kappa shape index (κ2) is 8.30. The van der Waals surface area contributed by atoms with E-state index in [-0.39, 0.29) is 11.1 Å². The number of Topliss-reactive ketones (excluding diaryl/α,β-unsaturated/α-hetero) is 2. The van der Waals surface area contributed by atoms with Gasteiger partial charge in [0.2, 0.25) is 5.78 Å². The number of nitrogens with two attached hydrogens (primary N) is 1. The van der Waals surface area contributed by atoms with Crippen LogP contribution in [0.25, 0.3) is 6.08 Å². The van der Waals surface area contributed by atoms with E-state index in [0.29, 0.717) is 5.56 Å². The molecule has 4 rings (SSSR count). The van der Waals surface area contributed by atoms with E-state index in [0.717, 1.165) is 6.08 Å². The van der Waals surface area contributed by atoms with Crippen LogP contribution in [-0.4, -0.2) is 79.7 Å². The Morgan fingerprint density at radius 2 is 1.86 bits per heavy atom. The SMILES string of the molecule is CC1c2ccc(/C=C/C#N)c(O)c2C(=O)C2=C(O)C3(O)C(=O)C(C(N)=O)=C(O)C(N(C)C)C3C(O)C21. The molecule has 36 heavy (non-hydrogen) atoms. The molecule has 3 aliphatic rings. The number of allylic oxidation sites excluding steroid dienone is 1. The number of benzene rings is 1. The predicted molar refractivity (Wildman–Crippen MR) is 124 cm³/mol. The zero-order valence-electron chi connectivity index (χ0n) is 19.6. The number of nitrogens with zero attached hydrogens (tertiary/aromatic N) is 2. The molecular formula is C25H25N3O8. The molecule has 3 aliphatic carbocycles. The molecule has 11 nitrogen and oxygen atoms in total. The number of aliphatic hydroxyl groups excluding tert-OH is 3. The summed E-state index contributed by atoms with van der Waals surface area (Å²) in [4.78, 5) is 40.4. The van der Waals surface area contributed by atoms with Crippen LogP contribution in [0.2, 0.25) is 0 Å². The Hall–Kier alpha value is -3.98. The molecule has 0 aliphatic heterocycles. The van der Waals surface area contributed by atoms with Crippen LogP contribution >= 0.6 is 0 Å². The molecule has 0 saturated carbocycles. The number of primary amides is 1. The highest BCUT2D eigenvalue weighted by molar-refractivity contribution is 6.25. The molecule has 6 atom stereocenters. The van der Waals surface area contributed by atoms with Gasteiger partial charge in [0.15, 0.2) is 11.4 Å². The molecule has 0 saturated heterocycles. The Morgan fingerprint density at radius 1 is 1.22 bits per heavy atom. The van der Waals surface area contributed by atoms with Crippen molar-refractivity contribution in [3.63, 3.8) is 0 Å². The molecule has 11 heteroatoms. The molecule has 0 fully saturated rings. The molecular weight excluding hydrogens is 470 g/mol. The molecule has 7 N–H and O–H groups in total. The van der Waals surface area contributed by atoms with Crippen LogP contribution in [0.3, 0.4) is 0 Å².